The first-order valence-electron chi connectivity index (χ1n) is 7.96. The maximum absolute atomic E-state index is 13.5. The number of halogens is 4. The standard InChI is InChI=1S/C20H20F4/c1-3-4-14(2)15-5-7-16(8-6-15)17-9-11-18(12-10-17)19(21)13-20(22,23)24/h5-14H,3-4H2,1-2H3/b19-13-. The van der Waals surface area contributed by atoms with Crippen molar-refractivity contribution in [2.45, 2.75) is 38.8 Å². The summed E-state index contributed by atoms with van der Waals surface area (Å²) in [6, 6.07) is 14.1. The molecule has 0 aliphatic heterocycles. The number of hydrogen-bond acceptors (Lipinski definition) is 0. The van der Waals surface area contributed by atoms with Crippen molar-refractivity contribution in [2.24, 2.45) is 0 Å². The molecule has 0 bridgehead atoms. The van der Waals surface area contributed by atoms with Gasteiger partial charge in [0.1, 0.15) is 5.83 Å². The van der Waals surface area contributed by atoms with E-state index in [2.05, 4.69) is 26.0 Å². The van der Waals surface area contributed by atoms with E-state index in [1.165, 1.54) is 17.7 Å². The van der Waals surface area contributed by atoms with Crippen molar-refractivity contribution in [1.82, 2.24) is 0 Å². The summed E-state index contributed by atoms with van der Waals surface area (Å²) < 4.78 is 50.1. The minimum Gasteiger partial charge on any atom is -0.206 e. The van der Waals surface area contributed by atoms with Crippen molar-refractivity contribution in [1.29, 1.82) is 0 Å². The van der Waals surface area contributed by atoms with E-state index in [0.29, 0.717) is 5.92 Å². The highest BCUT2D eigenvalue weighted by atomic mass is 19.4. The summed E-state index contributed by atoms with van der Waals surface area (Å²) in [7, 11) is 0. The molecule has 2 aromatic carbocycles. The lowest BCUT2D eigenvalue weighted by Crippen LogP contribution is -2.01. The molecule has 0 saturated heterocycles. The van der Waals surface area contributed by atoms with Crippen molar-refractivity contribution in [3.63, 3.8) is 0 Å². The molecule has 0 N–H and O–H groups in total. The Morgan fingerprint density at radius 3 is 1.92 bits per heavy atom. The Balaban J connectivity index is 2.18. The Bertz CT molecular complexity index is 679. The lowest BCUT2D eigenvalue weighted by Gasteiger charge is -2.11. The minimum atomic E-state index is -4.66. The average molecular weight is 336 g/mol. The zero-order valence-electron chi connectivity index (χ0n) is 13.7. The van der Waals surface area contributed by atoms with E-state index in [9.17, 15) is 17.6 Å². The highest BCUT2D eigenvalue weighted by molar-refractivity contribution is 5.68. The number of rotatable bonds is 5. The SMILES string of the molecule is CCCC(C)c1ccc(-c2ccc(/C(F)=C/C(F)(F)F)cc2)cc1. The zero-order chi connectivity index (χ0) is 17.7. The van der Waals surface area contributed by atoms with Crippen molar-refractivity contribution >= 4 is 5.83 Å². The summed E-state index contributed by atoms with van der Waals surface area (Å²) >= 11 is 0. The smallest absolute Gasteiger partial charge is 0.206 e. The molecule has 0 aromatic heterocycles. The first kappa shape index (κ1) is 18.2. The fourth-order valence-corrected chi connectivity index (χ4v) is 2.65. The van der Waals surface area contributed by atoms with Crippen LogP contribution < -0.4 is 0 Å². The predicted molar refractivity (Wildman–Crippen MR) is 90.3 cm³/mol. The van der Waals surface area contributed by atoms with Gasteiger partial charge in [-0.25, -0.2) is 4.39 Å². The van der Waals surface area contributed by atoms with Gasteiger partial charge in [0.05, 0.1) is 6.08 Å². The van der Waals surface area contributed by atoms with Gasteiger partial charge >= 0.3 is 6.18 Å². The van der Waals surface area contributed by atoms with Gasteiger partial charge in [0.15, 0.2) is 0 Å². The molecule has 2 rings (SSSR count). The summed E-state index contributed by atoms with van der Waals surface area (Å²) in [6.07, 6.45) is -2.74. The lowest BCUT2D eigenvalue weighted by molar-refractivity contribution is -0.0798. The third kappa shape index (κ3) is 4.95. The minimum absolute atomic E-state index is 0.0794. The van der Waals surface area contributed by atoms with Crippen molar-refractivity contribution in [2.75, 3.05) is 0 Å². The summed E-state index contributed by atoms with van der Waals surface area (Å²) in [5.41, 5.74) is 2.98. The van der Waals surface area contributed by atoms with Crippen LogP contribution in [0.2, 0.25) is 0 Å². The second-order valence-corrected chi connectivity index (χ2v) is 5.92. The molecule has 0 fully saturated rings. The molecule has 0 saturated carbocycles. The first-order valence-corrected chi connectivity index (χ1v) is 7.96. The van der Waals surface area contributed by atoms with Crippen LogP contribution in [0, 0.1) is 0 Å². The van der Waals surface area contributed by atoms with Crippen LogP contribution in [0.5, 0.6) is 0 Å². The molecule has 0 radical (unpaired) electrons. The molecule has 1 unspecified atom stereocenters. The fourth-order valence-electron chi connectivity index (χ4n) is 2.65. The van der Waals surface area contributed by atoms with Gasteiger partial charge in [-0.3, -0.25) is 0 Å². The Kier molecular flexibility index (Phi) is 5.81. The van der Waals surface area contributed by atoms with Crippen molar-refractivity contribution < 1.29 is 17.6 Å². The normalized spacial score (nSPS) is 13.8. The van der Waals surface area contributed by atoms with Crippen LogP contribution in [0.15, 0.2) is 54.6 Å². The van der Waals surface area contributed by atoms with Crippen molar-refractivity contribution in [3.8, 4) is 11.1 Å². The van der Waals surface area contributed by atoms with Gasteiger partial charge in [-0.05, 0) is 29.0 Å². The second kappa shape index (κ2) is 7.65. The molecule has 128 valence electrons. The van der Waals surface area contributed by atoms with E-state index in [1.807, 2.05) is 12.1 Å². The average Bonchev–Trinajstić information content (AvgIpc) is 2.54. The van der Waals surface area contributed by atoms with Crippen LogP contribution in [0.3, 0.4) is 0 Å². The van der Waals surface area contributed by atoms with Crippen LogP contribution in [0.1, 0.15) is 43.7 Å². The van der Waals surface area contributed by atoms with Gasteiger partial charge in [0, 0.05) is 5.56 Å². The molecule has 0 aliphatic rings. The Morgan fingerprint density at radius 1 is 0.958 bits per heavy atom. The van der Waals surface area contributed by atoms with Gasteiger partial charge < -0.3 is 0 Å². The monoisotopic (exact) mass is 336 g/mol. The lowest BCUT2D eigenvalue weighted by atomic mass is 9.94. The molecule has 0 aliphatic carbocycles. The maximum atomic E-state index is 13.5. The van der Waals surface area contributed by atoms with E-state index in [1.54, 1.807) is 12.1 Å². The summed E-state index contributed by atoms with van der Waals surface area (Å²) in [4.78, 5) is 0. The highest BCUT2D eigenvalue weighted by Crippen LogP contribution is 2.28. The number of alkyl halides is 3. The van der Waals surface area contributed by atoms with Crippen molar-refractivity contribution in [3.05, 3.63) is 65.7 Å². The third-order valence-corrected chi connectivity index (χ3v) is 3.99. The molecule has 1 atom stereocenters. The summed E-state index contributed by atoms with van der Waals surface area (Å²) in [6.45, 7) is 4.34. The van der Waals surface area contributed by atoms with E-state index in [4.69, 9.17) is 0 Å². The first-order chi connectivity index (χ1) is 11.3. The third-order valence-electron chi connectivity index (χ3n) is 3.99. The van der Waals surface area contributed by atoms with Gasteiger partial charge in [-0.2, -0.15) is 13.2 Å². The van der Waals surface area contributed by atoms with E-state index in [0.717, 1.165) is 24.0 Å². The van der Waals surface area contributed by atoms with Gasteiger partial charge in [0.2, 0.25) is 0 Å². The van der Waals surface area contributed by atoms with Gasteiger partial charge in [-0.15, -0.1) is 0 Å². The molecule has 0 heterocycles. The van der Waals surface area contributed by atoms with Gasteiger partial charge in [0.25, 0.3) is 0 Å². The van der Waals surface area contributed by atoms with Crippen LogP contribution in [-0.4, -0.2) is 6.18 Å². The fraction of sp³-hybridized carbons (Fsp3) is 0.300. The van der Waals surface area contributed by atoms with Gasteiger partial charge in [-0.1, -0.05) is 68.8 Å². The Hall–Kier alpha value is -2.10. The molecular formula is C20H20F4. The molecule has 24 heavy (non-hydrogen) atoms. The number of hydrogen-bond donors (Lipinski definition) is 0. The second-order valence-electron chi connectivity index (χ2n) is 5.92. The Labute approximate surface area is 139 Å². The molecule has 0 nitrogen and oxygen atoms in total. The largest absolute Gasteiger partial charge is 0.412 e. The zero-order valence-corrected chi connectivity index (χ0v) is 13.7. The van der Waals surface area contributed by atoms with Crippen LogP contribution in [-0.2, 0) is 0 Å². The number of allylic oxidation sites excluding steroid dienone is 1. The van der Waals surface area contributed by atoms with Crippen LogP contribution >= 0.6 is 0 Å². The highest BCUT2D eigenvalue weighted by Gasteiger charge is 2.25. The van der Waals surface area contributed by atoms with Crippen LogP contribution in [0.25, 0.3) is 17.0 Å². The molecular weight excluding hydrogens is 316 g/mol. The topological polar surface area (TPSA) is 0 Å². The summed E-state index contributed by atoms with van der Waals surface area (Å²) in [5.74, 6) is -0.786. The predicted octanol–water partition coefficient (Wildman–Crippen LogP) is 7.13. The van der Waals surface area contributed by atoms with Crippen LogP contribution in [0.4, 0.5) is 17.6 Å². The Morgan fingerprint density at radius 2 is 1.46 bits per heavy atom. The quantitative estimate of drug-likeness (QED) is 0.509. The molecule has 4 heteroatoms. The number of benzene rings is 2. The maximum Gasteiger partial charge on any atom is 0.412 e. The van der Waals surface area contributed by atoms with E-state index < -0.39 is 12.0 Å². The molecule has 0 amide bonds. The molecule has 0 spiro atoms. The van der Waals surface area contributed by atoms with E-state index >= 15 is 0 Å². The summed E-state index contributed by atoms with van der Waals surface area (Å²) in [5, 5.41) is 0. The molecule has 2 aromatic rings. The van der Waals surface area contributed by atoms with E-state index in [-0.39, 0.29) is 11.6 Å².